The summed E-state index contributed by atoms with van der Waals surface area (Å²) < 4.78 is 0.302. The first-order chi connectivity index (χ1) is 8.69. The number of hydrogen-bond donors (Lipinski definition) is 2. The number of rotatable bonds is 1. The summed E-state index contributed by atoms with van der Waals surface area (Å²) >= 11 is 2.32. The molecule has 2 heterocycles. The minimum Gasteiger partial charge on any atom is -0.355 e. The second-order valence-corrected chi connectivity index (χ2v) is 8.27. The molecule has 0 aromatic carbocycles. The van der Waals surface area contributed by atoms with Gasteiger partial charge in [-0.2, -0.15) is 5.10 Å². The van der Waals surface area contributed by atoms with Crippen molar-refractivity contribution in [3.05, 3.63) is 12.2 Å². The van der Waals surface area contributed by atoms with Crippen LogP contribution in [0.2, 0.25) is 0 Å². The standard InChI is InChI=1S/C14H25IN4/c1-13(2)8-10(9-14(3,4)18-13)19(5)12-7-6-11(15)16-17-12/h6-7,10-11,16,18H,8-9H2,1-5H3. The number of nitrogens with zero attached hydrogens (tertiary/aromatic N) is 2. The van der Waals surface area contributed by atoms with Crippen LogP contribution in [0.1, 0.15) is 40.5 Å². The summed E-state index contributed by atoms with van der Waals surface area (Å²) in [5, 5.41) is 8.18. The average Bonchev–Trinajstić information content (AvgIpc) is 2.25. The van der Waals surface area contributed by atoms with Gasteiger partial charge < -0.3 is 10.2 Å². The van der Waals surface area contributed by atoms with Gasteiger partial charge in [-0.25, -0.2) is 0 Å². The number of amidine groups is 1. The Balaban J connectivity index is 2.11. The maximum Gasteiger partial charge on any atom is 0.148 e. The molecule has 2 aliphatic rings. The highest BCUT2D eigenvalue weighted by molar-refractivity contribution is 14.1. The van der Waals surface area contributed by atoms with Crippen molar-refractivity contribution in [2.45, 2.75) is 61.7 Å². The molecule has 1 fully saturated rings. The molecule has 19 heavy (non-hydrogen) atoms. The van der Waals surface area contributed by atoms with Crippen LogP contribution >= 0.6 is 22.6 Å². The summed E-state index contributed by atoms with van der Waals surface area (Å²) in [5.41, 5.74) is 3.46. The Labute approximate surface area is 130 Å². The minimum atomic E-state index is 0.166. The van der Waals surface area contributed by atoms with E-state index in [4.69, 9.17) is 0 Å². The predicted molar refractivity (Wildman–Crippen MR) is 89.6 cm³/mol. The van der Waals surface area contributed by atoms with Crippen LogP contribution in [-0.2, 0) is 0 Å². The molecule has 0 aromatic rings. The number of likely N-dealkylation sites (N-methyl/N-ethyl adjacent to an activating group) is 1. The van der Waals surface area contributed by atoms with Gasteiger partial charge in [0.2, 0.25) is 0 Å². The maximum absolute atomic E-state index is 4.46. The number of hydrazone groups is 1. The molecule has 5 heteroatoms. The molecule has 0 radical (unpaired) electrons. The van der Waals surface area contributed by atoms with E-state index < -0.39 is 0 Å². The third-order valence-corrected chi connectivity index (χ3v) is 4.49. The van der Waals surface area contributed by atoms with Crippen LogP contribution in [0, 0.1) is 0 Å². The van der Waals surface area contributed by atoms with E-state index in [-0.39, 0.29) is 11.1 Å². The average molecular weight is 376 g/mol. The van der Waals surface area contributed by atoms with Gasteiger partial charge in [0.05, 0.1) is 0 Å². The van der Waals surface area contributed by atoms with Crippen LogP contribution in [0.15, 0.2) is 17.3 Å². The van der Waals surface area contributed by atoms with Crippen LogP contribution in [0.4, 0.5) is 0 Å². The molecular formula is C14H25IN4. The van der Waals surface area contributed by atoms with Gasteiger partial charge in [0, 0.05) is 24.2 Å². The molecular weight excluding hydrogens is 351 g/mol. The predicted octanol–water partition coefficient (Wildman–Crippen LogP) is 2.46. The van der Waals surface area contributed by atoms with Gasteiger partial charge in [-0.15, -0.1) is 0 Å². The molecule has 1 saturated heterocycles. The number of piperidine rings is 1. The van der Waals surface area contributed by atoms with Crippen molar-refractivity contribution in [2.24, 2.45) is 5.10 Å². The lowest BCUT2D eigenvalue weighted by Crippen LogP contribution is -2.62. The van der Waals surface area contributed by atoms with Crippen LogP contribution < -0.4 is 10.7 Å². The zero-order chi connectivity index (χ0) is 14.3. The van der Waals surface area contributed by atoms with Gasteiger partial charge >= 0.3 is 0 Å². The maximum atomic E-state index is 4.46. The van der Waals surface area contributed by atoms with Crippen molar-refractivity contribution in [1.82, 2.24) is 15.6 Å². The lowest BCUT2D eigenvalue weighted by molar-refractivity contribution is 0.113. The van der Waals surface area contributed by atoms with E-state index in [0.29, 0.717) is 10.1 Å². The Morgan fingerprint density at radius 2 is 1.84 bits per heavy atom. The zero-order valence-electron chi connectivity index (χ0n) is 12.5. The Morgan fingerprint density at radius 3 is 2.32 bits per heavy atom. The number of nitrogens with one attached hydrogen (secondary N) is 2. The van der Waals surface area contributed by atoms with Crippen molar-refractivity contribution >= 4 is 28.4 Å². The molecule has 1 unspecified atom stereocenters. The lowest BCUT2D eigenvalue weighted by atomic mass is 9.79. The van der Waals surface area contributed by atoms with E-state index in [9.17, 15) is 0 Å². The first kappa shape index (κ1) is 15.1. The molecule has 2 N–H and O–H groups in total. The second-order valence-electron chi connectivity index (χ2n) is 6.93. The van der Waals surface area contributed by atoms with Crippen LogP contribution in [0.3, 0.4) is 0 Å². The van der Waals surface area contributed by atoms with Gasteiger partial charge in [-0.05, 0) is 52.7 Å². The Morgan fingerprint density at radius 1 is 1.26 bits per heavy atom. The van der Waals surface area contributed by atoms with E-state index in [1.807, 2.05) is 0 Å². The van der Waals surface area contributed by atoms with Crippen LogP contribution in [0.5, 0.6) is 0 Å². The third kappa shape index (κ3) is 3.84. The Kier molecular flexibility index (Phi) is 4.16. The second kappa shape index (κ2) is 5.24. The zero-order valence-corrected chi connectivity index (χ0v) is 14.7. The molecule has 2 aliphatic heterocycles. The molecule has 2 rings (SSSR count). The van der Waals surface area contributed by atoms with Gasteiger partial charge in [0.25, 0.3) is 0 Å². The van der Waals surface area contributed by atoms with E-state index in [0.717, 1.165) is 18.7 Å². The number of halogens is 1. The Hall–Kier alpha value is -0.300. The van der Waals surface area contributed by atoms with Gasteiger partial charge in [-0.3, -0.25) is 5.43 Å². The summed E-state index contributed by atoms with van der Waals surface area (Å²) in [6.45, 7) is 9.14. The normalized spacial score (nSPS) is 29.6. The molecule has 108 valence electrons. The monoisotopic (exact) mass is 376 g/mol. The highest BCUT2D eigenvalue weighted by atomic mass is 127. The fourth-order valence-electron chi connectivity index (χ4n) is 3.30. The summed E-state index contributed by atoms with van der Waals surface area (Å²) in [6, 6.07) is 0.516. The Bertz CT molecular complexity index is 384. The van der Waals surface area contributed by atoms with Crippen molar-refractivity contribution in [3.8, 4) is 0 Å². The van der Waals surface area contributed by atoms with Crippen LogP contribution in [-0.4, -0.2) is 39.0 Å². The van der Waals surface area contributed by atoms with Crippen molar-refractivity contribution in [3.63, 3.8) is 0 Å². The number of hydrogen-bond acceptors (Lipinski definition) is 4. The van der Waals surface area contributed by atoms with Crippen molar-refractivity contribution in [1.29, 1.82) is 0 Å². The van der Waals surface area contributed by atoms with Gasteiger partial charge in [0.15, 0.2) is 0 Å². The summed E-state index contributed by atoms with van der Waals surface area (Å²) in [7, 11) is 2.15. The fraction of sp³-hybridized carbons (Fsp3) is 0.786. The van der Waals surface area contributed by atoms with Gasteiger partial charge in [-0.1, -0.05) is 22.6 Å². The molecule has 0 spiro atoms. The van der Waals surface area contributed by atoms with Crippen molar-refractivity contribution < 1.29 is 0 Å². The van der Waals surface area contributed by atoms with Gasteiger partial charge in [0.1, 0.15) is 9.88 Å². The van der Waals surface area contributed by atoms with Crippen LogP contribution in [0.25, 0.3) is 0 Å². The highest BCUT2D eigenvalue weighted by Crippen LogP contribution is 2.31. The van der Waals surface area contributed by atoms with E-state index in [1.165, 1.54) is 0 Å². The molecule has 0 aliphatic carbocycles. The number of alkyl halides is 1. The largest absolute Gasteiger partial charge is 0.355 e. The first-order valence-corrected chi connectivity index (χ1v) is 8.11. The molecule has 0 saturated carbocycles. The summed E-state index contributed by atoms with van der Waals surface area (Å²) in [6.07, 6.45) is 6.54. The van der Waals surface area contributed by atoms with E-state index >= 15 is 0 Å². The minimum absolute atomic E-state index is 0.166. The topological polar surface area (TPSA) is 39.7 Å². The highest BCUT2D eigenvalue weighted by Gasteiger charge is 2.39. The van der Waals surface area contributed by atoms with E-state index in [2.05, 4.69) is 90.2 Å². The summed E-state index contributed by atoms with van der Waals surface area (Å²) in [5.74, 6) is 1.03. The molecule has 4 nitrogen and oxygen atoms in total. The third-order valence-electron chi connectivity index (χ3n) is 3.79. The first-order valence-electron chi connectivity index (χ1n) is 6.86. The molecule has 0 amide bonds. The SMILES string of the molecule is CN(C1=NNC(I)C=C1)C1CC(C)(C)NC(C)(C)C1. The van der Waals surface area contributed by atoms with E-state index in [1.54, 1.807) is 0 Å². The lowest BCUT2D eigenvalue weighted by Gasteiger charge is -2.49. The smallest absolute Gasteiger partial charge is 0.148 e. The molecule has 0 aromatic heterocycles. The molecule has 1 atom stereocenters. The molecule has 0 bridgehead atoms. The van der Waals surface area contributed by atoms with Crippen molar-refractivity contribution in [2.75, 3.05) is 7.05 Å². The summed E-state index contributed by atoms with van der Waals surface area (Å²) in [4.78, 5) is 2.32. The fourth-order valence-corrected chi connectivity index (χ4v) is 3.65. The quantitative estimate of drug-likeness (QED) is 0.420.